The molecule has 0 aromatic heterocycles. The predicted octanol–water partition coefficient (Wildman–Crippen LogP) is 3.43. The molecule has 0 spiro atoms. The second kappa shape index (κ2) is 5.99. The van der Waals surface area contributed by atoms with Gasteiger partial charge in [-0.05, 0) is 23.7 Å². The average Bonchev–Trinajstić information content (AvgIpc) is 2.25. The zero-order valence-corrected chi connectivity index (χ0v) is 13.4. The van der Waals surface area contributed by atoms with Gasteiger partial charge in [-0.15, -0.1) is 0 Å². The highest BCUT2D eigenvalue weighted by molar-refractivity contribution is 7.90. The summed E-state index contributed by atoms with van der Waals surface area (Å²) in [6.45, 7) is 6.43. The van der Waals surface area contributed by atoms with Gasteiger partial charge in [0.25, 0.3) is 10.0 Å². The standard InChI is InChI=1S/C12H18ClNO2SSi/c1-18(2,3)9-8-17(15,16)14-10-11-4-6-12(13)7-5-11/h4-7,10H,8-9H2,1-3H3. The Morgan fingerprint density at radius 3 is 2.28 bits per heavy atom. The van der Waals surface area contributed by atoms with Crippen molar-refractivity contribution in [2.75, 3.05) is 5.75 Å². The third-order valence-electron chi connectivity index (χ3n) is 2.34. The smallest absolute Gasteiger partial charge is 0.205 e. The monoisotopic (exact) mass is 303 g/mol. The molecule has 0 amide bonds. The molecule has 1 rings (SSSR count). The molecule has 1 aromatic carbocycles. The first-order chi connectivity index (χ1) is 8.18. The lowest BCUT2D eigenvalue weighted by atomic mass is 10.2. The summed E-state index contributed by atoms with van der Waals surface area (Å²) >= 11 is 5.74. The van der Waals surface area contributed by atoms with E-state index in [0.717, 1.165) is 11.6 Å². The topological polar surface area (TPSA) is 46.5 Å². The normalized spacial score (nSPS) is 13.1. The molecular weight excluding hydrogens is 286 g/mol. The number of rotatable bonds is 5. The molecule has 0 unspecified atom stereocenters. The van der Waals surface area contributed by atoms with Crippen LogP contribution in [0.5, 0.6) is 0 Å². The molecule has 0 aliphatic rings. The Morgan fingerprint density at radius 1 is 1.22 bits per heavy atom. The van der Waals surface area contributed by atoms with Gasteiger partial charge in [0.1, 0.15) is 0 Å². The number of nitrogens with zero attached hydrogens (tertiary/aromatic N) is 1. The second-order valence-electron chi connectivity index (χ2n) is 5.38. The lowest BCUT2D eigenvalue weighted by Gasteiger charge is -2.13. The summed E-state index contributed by atoms with van der Waals surface area (Å²) in [4.78, 5) is 0. The molecule has 0 saturated heterocycles. The fourth-order valence-corrected chi connectivity index (χ4v) is 5.17. The number of hydrogen-bond donors (Lipinski definition) is 0. The van der Waals surface area contributed by atoms with E-state index >= 15 is 0 Å². The summed E-state index contributed by atoms with van der Waals surface area (Å²) < 4.78 is 27.1. The van der Waals surface area contributed by atoms with Crippen LogP contribution in [0.2, 0.25) is 30.7 Å². The average molecular weight is 304 g/mol. The van der Waals surface area contributed by atoms with Crippen LogP contribution in [0, 0.1) is 0 Å². The fraction of sp³-hybridized carbons (Fsp3) is 0.417. The van der Waals surface area contributed by atoms with Crippen molar-refractivity contribution < 1.29 is 8.42 Å². The summed E-state index contributed by atoms with van der Waals surface area (Å²) in [7, 11) is -4.71. The molecule has 0 fully saturated rings. The van der Waals surface area contributed by atoms with Crippen LogP contribution in [0.1, 0.15) is 5.56 Å². The van der Waals surface area contributed by atoms with Crippen molar-refractivity contribution in [1.82, 2.24) is 0 Å². The number of benzene rings is 1. The van der Waals surface area contributed by atoms with Gasteiger partial charge in [-0.1, -0.05) is 43.4 Å². The fourth-order valence-electron chi connectivity index (χ4n) is 1.18. The first kappa shape index (κ1) is 15.4. The maximum absolute atomic E-state index is 11.7. The van der Waals surface area contributed by atoms with E-state index in [-0.39, 0.29) is 5.75 Å². The summed E-state index contributed by atoms with van der Waals surface area (Å²) in [5.41, 5.74) is 0.732. The summed E-state index contributed by atoms with van der Waals surface area (Å²) in [5, 5.41) is 0.619. The molecule has 3 nitrogen and oxygen atoms in total. The van der Waals surface area contributed by atoms with E-state index < -0.39 is 18.1 Å². The minimum Gasteiger partial charge on any atom is -0.205 e. The van der Waals surface area contributed by atoms with Gasteiger partial charge in [-0.3, -0.25) is 0 Å². The van der Waals surface area contributed by atoms with Gasteiger partial charge in [0.05, 0.1) is 5.75 Å². The Hall–Kier alpha value is -0.653. The SMILES string of the molecule is C[Si](C)(C)CCS(=O)(=O)N=Cc1ccc(Cl)cc1. The van der Waals surface area contributed by atoms with Crippen LogP contribution in [0.3, 0.4) is 0 Å². The molecule has 6 heteroatoms. The Balaban J connectivity index is 2.68. The lowest BCUT2D eigenvalue weighted by molar-refractivity contribution is 0.599. The molecule has 0 N–H and O–H groups in total. The van der Waals surface area contributed by atoms with E-state index in [1.165, 1.54) is 6.21 Å². The first-order valence-electron chi connectivity index (χ1n) is 5.72. The quantitative estimate of drug-likeness (QED) is 0.618. The Bertz CT molecular complexity index is 518. The number of hydrogen-bond acceptors (Lipinski definition) is 2. The van der Waals surface area contributed by atoms with Gasteiger partial charge < -0.3 is 0 Å². The molecule has 0 bridgehead atoms. The lowest BCUT2D eigenvalue weighted by Crippen LogP contribution is -2.23. The van der Waals surface area contributed by atoms with Gasteiger partial charge in [0.2, 0.25) is 0 Å². The minimum absolute atomic E-state index is 0.132. The highest BCUT2D eigenvalue weighted by atomic mass is 35.5. The summed E-state index contributed by atoms with van der Waals surface area (Å²) in [6, 6.07) is 7.61. The Kier molecular flexibility index (Phi) is 5.13. The molecule has 0 heterocycles. The largest absolute Gasteiger partial charge is 0.252 e. The van der Waals surface area contributed by atoms with Crippen molar-refractivity contribution in [3.05, 3.63) is 34.9 Å². The van der Waals surface area contributed by atoms with Crippen molar-refractivity contribution in [3.63, 3.8) is 0 Å². The molecule has 0 aliphatic carbocycles. The highest BCUT2D eigenvalue weighted by Crippen LogP contribution is 2.11. The Morgan fingerprint density at radius 2 is 1.78 bits per heavy atom. The molecule has 1 aromatic rings. The molecule has 0 aliphatic heterocycles. The second-order valence-corrected chi connectivity index (χ2v) is 13.2. The van der Waals surface area contributed by atoms with Gasteiger partial charge in [0, 0.05) is 19.3 Å². The number of halogens is 1. The number of sulfonamides is 1. The van der Waals surface area contributed by atoms with Crippen LogP contribution in [0.15, 0.2) is 28.7 Å². The maximum atomic E-state index is 11.7. The van der Waals surface area contributed by atoms with Crippen molar-refractivity contribution in [3.8, 4) is 0 Å². The van der Waals surface area contributed by atoms with Crippen molar-refractivity contribution >= 4 is 35.9 Å². The molecule has 100 valence electrons. The van der Waals surface area contributed by atoms with E-state index in [1.807, 2.05) is 0 Å². The van der Waals surface area contributed by atoms with Crippen LogP contribution in [-0.2, 0) is 10.0 Å². The van der Waals surface area contributed by atoms with Gasteiger partial charge in [0.15, 0.2) is 0 Å². The van der Waals surface area contributed by atoms with E-state index in [0.29, 0.717) is 5.02 Å². The maximum Gasteiger partial charge on any atom is 0.252 e. The summed E-state index contributed by atoms with van der Waals surface area (Å²) in [5.74, 6) is 0.132. The highest BCUT2D eigenvalue weighted by Gasteiger charge is 2.17. The molecule has 0 atom stereocenters. The molecular formula is C12H18ClNO2SSi. The third kappa shape index (κ3) is 6.33. The summed E-state index contributed by atoms with van der Waals surface area (Å²) in [6.07, 6.45) is 1.37. The van der Waals surface area contributed by atoms with Crippen LogP contribution in [-0.4, -0.2) is 28.5 Å². The van der Waals surface area contributed by atoms with E-state index in [4.69, 9.17) is 11.6 Å². The van der Waals surface area contributed by atoms with E-state index in [2.05, 4.69) is 24.0 Å². The van der Waals surface area contributed by atoms with Crippen molar-refractivity contribution in [2.45, 2.75) is 25.7 Å². The zero-order valence-electron chi connectivity index (χ0n) is 10.9. The first-order valence-corrected chi connectivity index (χ1v) is 11.4. The van der Waals surface area contributed by atoms with Crippen molar-refractivity contribution in [2.24, 2.45) is 4.40 Å². The van der Waals surface area contributed by atoms with Crippen LogP contribution in [0.25, 0.3) is 0 Å². The van der Waals surface area contributed by atoms with Gasteiger partial charge in [-0.25, -0.2) is 8.42 Å². The minimum atomic E-state index is -3.35. The van der Waals surface area contributed by atoms with Crippen molar-refractivity contribution in [1.29, 1.82) is 0 Å². The molecule has 18 heavy (non-hydrogen) atoms. The third-order valence-corrected chi connectivity index (χ3v) is 5.85. The molecule has 0 radical (unpaired) electrons. The van der Waals surface area contributed by atoms with E-state index in [9.17, 15) is 8.42 Å². The van der Waals surface area contributed by atoms with Gasteiger partial charge in [-0.2, -0.15) is 4.40 Å². The zero-order chi connectivity index (χ0) is 13.8. The predicted molar refractivity (Wildman–Crippen MR) is 81.0 cm³/mol. The van der Waals surface area contributed by atoms with E-state index in [1.54, 1.807) is 24.3 Å². The van der Waals surface area contributed by atoms with Crippen LogP contribution in [0.4, 0.5) is 0 Å². The van der Waals surface area contributed by atoms with Crippen LogP contribution < -0.4 is 0 Å². The Labute approximate surface area is 115 Å². The van der Waals surface area contributed by atoms with Crippen LogP contribution >= 0.6 is 11.6 Å². The molecule has 0 saturated carbocycles. The van der Waals surface area contributed by atoms with Gasteiger partial charge >= 0.3 is 0 Å².